The third-order valence-electron chi connectivity index (χ3n) is 2.88. The molecule has 1 heterocycles. The molecular weight excluding hydrogens is 188 g/mol. The first-order valence-electron chi connectivity index (χ1n) is 5.79. The Kier molecular flexibility index (Phi) is 4.82. The van der Waals surface area contributed by atoms with Gasteiger partial charge in [-0.05, 0) is 33.2 Å². The third kappa shape index (κ3) is 3.34. The molecule has 0 aromatic heterocycles. The lowest BCUT2D eigenvalue weighted by molar-refractivity contribution is -0.137. The largest absolute Gasteiger partial charge is 0.336 e. The Morgan fingerprint density at radius 2 is 2.40 bits per heavy atom. The summed E-state index contributed by atoms with van der Waals surface area (Å²) >= 11 is 0. The Morgan fingerprint density at radius 3 is 2.87 bits per heavy atom. The van der Waals surface area contributed by atoms with Gasteiger partial charge in [0.15, 0.2) is 0 Å². The van der Waals surface area contributed by atoms with Crippen molar-refractivity contribution in [3.63, 3.8) is 0 Å². The lowest BCUT2D eigenvalue weighted by Crippen LogP contribution is -2.45. The number of hydrogen-bond acceptors (Lipinski definition) is 2. The molecule has 0 spiro atoms. The molecule has 15 heavy (non-hydrogen) atoms. The maximum Gasteiger partial charge on any atom is 0.227 e. The maximum atomic E-state index is 12.2. The summed E-state index contributed by atoms with van der Waals surface area (Å²) < 4.78 is 0. The molecule has 0 saturated carbocycles. The molecule has 0 bridgehead atoms. The molecule has 1 rings (SSSR count). The van der Waals surface area contributed by atoms with Crippen LogP contribution in [-0.4, -0.2) is 36.5 Å². The highest BCUT2D eigenvalue weighted by molar-refractivity contribution is 5.79. The average molecular weight is 210 g/mol. The summed E-state index contributed by atoms with van der Waals surface area (Å²) in [6.07, 6.45) is 3.93. The van der Waals surface area contributed by atoms with Crippen LogP contribution < -0.4 is 5.32 Å². The van der Waals surface area contributed by atoms with Crippen LogP contribution in [0.1, 0.15) is 26.7 Å². The second kappa shape index (κ2) is 5.91. The minimum absolute atomic E-state index is 0.168. The lowest BCUT2D eigenvalue weighted by Gasteiger charge is -2.31. The molecule has 1 atom stereocenters. The summed E-state index contributed by atoms with van der Waals surface area (Å²) in [6.45, 7) is 10.3. The first kappa shape index (κ1) is 12.2. The van der Waals surface area contributed by atoms with Crippen molar-refractivity contribution in [1.29, 1.82) is 0 Å². The number of carbonyl (C=O) groups excluding carboxylic acids is 1. The molecule has 0 unspecified atom stereocenters. The van der Waals surface area contributed by atoms with Crippen molar-refractivity contribution in [3.8, 4) is 0 Å². The van der Waals surface area contributed by atoms with E-state index in [0.717, 1.165) is 25.9 Å². The van der Waals surface area contributed by atoms with Gasteiger partial charge in [-0.15, -0.1) is 6.58 Å². The fourth-order valence-electron chi connectivity index (χ4n) is 1.99. The van der Waals surface area contributed by atoms with Gasteiger partial charge in [0.05, 0.1) is 5.92 Å². The van der Waals surface area contributed by atoms with Crippen molar-refractivity contribution in [2.75, 3.05) is 19.6 Å². The summed E-state index contributed by atoms with van der Waals surface area (Å²) in [5.41, 5.74) is 0. The number of amides is 1. The van der Waals surface area contributed by atoms with Gasteiger partial charge in [0, 0.05) is 19.1 Å². The molecule has 0 aliphatic carbocycles. The van der Waals surface area contributed by atoms with E-state index in [0.29, 0.717) is 6.54 Å². The molecule has 0 aromatic rings. The monoisotopic (exact) mass is 210 g/mol. The number of piperidine rings is 1. The van der Waals surface area contributed by atoms with Crippen molar-refractivity contribution in [3.05, 3.63) is 12.7 Å². The zero-order valence-electron chi connectivity index (χ0n) is 9.83. The van der Waals surface area contributed by atoms with Crippen LogP contribution in [0, 0.1) is 5.92 Å². The van der Waals surface area contributed by atoms with Gasteiger partial charge >= 0.3 is 0 Å². The Balaban J connectivity index is 2.57. The summed E-state index contributed by atoms with van der Waals surface area (Å²) in [5, 5.41) is 3.28. The van der Waals surface area contributed by atoms with Crippen LogP contribution in [0.3, 0.4) is 0 Å². The van der Waals surface area contributed by atoms with E-state index >= 15 is 0 Å². The summed E-state index contributed by atoms with van der Waals surface area (Å²) in [7, 11) is 0. The average Bonchev–Trinajstić information content (AvgIpc) is 2.26. The molecule has 1 aliphatic heterocycles. The first-order valence-corrected chi connectivity index (χ1v) is 5.79. The highest BCUT2D eigenvalue weighted by atomic mass is 16.2. The van der Waals surface area contributed by atoms with E-state index in [1.165, 1.54) is 0 Å². The maximum absolute atomic E-state index is 12.2. The second-order valence-corrected chi connectivity index (χ2v) is 4.42. The smallest absolute Gasteiger partial charge is 0.227 e. The number of hydrogen-bond donors (Lipinski definition) is 1. The minimum Gasteiger partial charge on any atom is -0.336 e. The molecule has 3 heteroatoms. The molecule has 0 aromatic carbocycles. The van der Waals surface area contributed by atoms with E-state index in [-0.39, 0.29) is 17.9 Å². The van der Waals surface area contributed by atoms with Gasteiger partial charge < -0.3 is 10.2 Å². The highest BCUT2D eigenvalue weighted by Gasteiger charge is 2.26. The van der Waals surface area contributed by atoms with E-state index in [9.17, 15) is 4.79 Å². The van der Waals surface area contributed by atoms with Crippen molar-refractivity contribution in [1.82, 2.24) is 10.2 Å². The predicted molar refractivity (Wildman–Crippen MR) is 62.6 cm³/mol. The minimum atomic E-state index is 0.168. The topological polar surface area (TPSA) is 32.3 Å². The third-order valence-corrected chi connectivity index (χ3v) is 2.88. The van der Waals surface area contributed by atoms with Gasteiger partial charge in [-0.25, -0.2) is 0 Å². The van der Waals surface area contributed by atoms with Crippen LogP contribution in [0.5, 0.6) is 0 Å². The quantitative estimate of drug-likeness (QED) is 0.712. The highest BCUT2D eigenvalue weighted by Crippen LogP contribution is 2.15. The summed E-state index contributed by atoms with van der Waals surface area (Å²) in [5.74, 6) is 0.443. The van der Waals surface area contributed by atoms with Crippen LogP contribution in [0.15, 0.2) is 12.7 Å². The Morgan fingerprint density at radius 1 is 1.67 bits per heavy atom. The van der Waals surface area contributed by atoms with E-state index in [4.69, 9.17) is 0 Å². The Hall–Kier alpha value is -0.830. The standard InChI is InChI=1S/C12H22N2O/c1-4-8-14(10(2)3)12(15)11-6-5-7-13-9-11/h4,10-11,13H,1,5-9H2,2-3H3/t11-/m1/s1. The van der Waals surface area contributed by atoms with E-state index < -0.39 is 0 Å². The normalized spacial score (nSPS) is 21.4. The van der Waals surface area contributed by atoms with Gasteiger partial charge in [0.2, 0.25) is 5.91 Å². The second-order valence-electron chi connectivity index (χ2n) is 4.42. The number of nitrogens with zero attached hydrogens (tertiary/aromatic N) is 1. The lowest BCUT2D eigenvalue weighted by atomic mass is 9.97. The molecule has 1 fully saturated rings. The molecule has 1 aliphatic rings. The van der Waals surface area contributed by atoms with Crippen molar-refractivity contribution >= 4 is 5.91 Å². The van der Waals surface area contributed by atoms with E-state index in [1.54, 1.807) is 6.08 Å². The van der Waals surface area contributed by atoms with E-state index in [2.05, 4.69) is 25.7 Å². The van der Waals surface area contributed by atoms with Crippen LogP contribution in [0.25, 0.3) is 0 Å². The molecular formula is C12H22N2O. The predicted octanol–water partition coefficient (Wildman–Crippen LogP) is 1.41. The SMILES string of the molecule is C=CCN(C(=O)[C@@H]1CCCNC1)C(C)C. The molecule has 3 nitrogen and oxygen atoms in total. The van der Waals surface area contributed by atoms with Crippen molar-refractivity contribution in [2.24, 2.45) is 5.92 Å². The zero-order chi connectivity index (χ0) is 11.3. The number of rotatable bonds is 4. The van der Waals surface area contributed by atoms with Crippen LogP contribution in [-0.2, 0) is 4.79 Å². The van der Waals surface area contributed by atoms with Crippen LogP contribution in [0.4, 0.5) is 0 Å². The molecule has 0 radical (unpaired) electrons. The van der Waals surface area contributed by atoms with Gasteiger partial charge in [-0.1, -0.05) is 6.08 Å². The van der Waals surface area contributed by atoms with Gasteiger partial charge in [-0.3, -0.25) is 4.79 Å². The number of carbonyl (C=O) groups is 1. The van der Waals surface area contributed by atoms with Crippen LogP contribution >= 0.6 is 0 Å². The number of nitrogens with one attached hydrogen (secondary N) is 1. The molecule has 86 valence electrons. The van der Waals surface area contributed by atoms with Gasteiger partial charge in [0.1, 0.15) is 0 Å². The van der Waals surface area contributed by atoms with Crippen LogP contribution in [0.2, 0.25) is 0 Å². The fraction of sp³-hybridized carbons (Fsp3) is 0.750. The summed E-state index contributed by atoms with van der Waals surface area (Å²) in [6, 6.07) is 0.262. The first-order chi connectivity index (χ1) is 7.16. The van der Waals surface area contributed by atoms with Crippen molar-refractivity contribution < 1.29 is 4.79 Å². The zero-order valence-corrected chi connectivity index (χ0v) is 9.83. The van der Waals surface area contributed by atoms with Gasteiger partial charge in [0.25, 0.3) is 0 Å². The molecule has 1 saturated heterocycles. The molecule has 1 N–H and O–H groups in total. The van der Waals surface area contributed by atoms with E-state index in [1.807, 2.05) is 4.90 Å². The molecule has 1 amide bonds. The Bertz CT molecular complexity index is 220. The van der Waals surface area contributed by atoms with Gasteiger partial charge in [-0.2, -0.15) is 0 Å². The summed E-state index contributed by atoms with van der Waals surface area (Å²) in [4.78, 5) is 14.1. The Labute approximate surface area is 92.5 Å². The van der Waals surface area contributed by atoms with Crippen molar-refractivity contribution in [2.45, 2.75) is 32.7 Å². The fourth-order valence-corrected chi connectivity index (χ4v) is 1.99.